The fourth-order valence-electron chi connectivity index (χ4n) is 3.07. The number of ether oxygens (including phenoxy) is 1. The van der Waals surface area contributed by atoms with Gasteiger partial charge in [-0.2, -0.15) is 0 Å². The zero-order chi connectivity index (χ0) is 14.8. The Kier molecular flexibility index (Phi) is 4.71. The average Bonchev–Trinajstić information content (AvgIpc) is 2.38. The molecule has 112 valence electrons. The number of hydrogen-bond acceptors (Lipinski definition) is 3. The number of nitrogens with one attached hydrogen (secondary N) is 1. The van der Waals surface area contributed by atoms with E-state index in [4.69, 9.17) is 4.74 Å². The van der Waals surface area contributed by atoms with E-state index >= 15 is 0 Å². The molecule has 1 aliphatic heterocycles. The van der Waals surface area contributed by atoms with Gasteiger partial charge < -0.3 is 10.1 Å². The molecule has 0 spiro atoms. The summed E-state index contributed by atoms with van der Waals surface area (Å²) in [6.07, 6.45) is 0. The van der Waals surface area contributed by atoms with Gasteiger partial charge in [-0.1, -0.05) is 32.0 Å². The van der Waals surface area contributed by atoms with Crippen molar-refractivity contribution in [3.8, 4) is 5.75 Å². The number of nitrogens with zero attached hydrogens (tertiary/aromatic N) is 1. The van der Waals surface area contributed by atoms with E-state index in [9.17, 15) is 0 Å². The highest BCUT2D eigenvalue weighted by molar-refractivity contribution is 5.33. The first-order valence-corrected chi connectivity index (χ1v) is 7.54. The molecule has 20 heavy (non-hydrogen) atoms. The van der Waals surface area contributed by atoms with Gasteiger partial charge in [-0.05, 0) is 25.8 Å². The normalized spacial score (nSPS) is 23.0. The summed E-state index contributed by atoms with van der Waals surface area (Å²) < 4.78 is 5.49. The molecule has 1 aromatic rings. The summed E-state index contributed by atoms with van der Waals surface area (Å²) in [4.78, 5) is 2.60. The highest BCUT2D eigenvalue weighted by Crippen LogP contribution is 2.26. The van der Waals surface area contributed by atoms with Crippen LogP contribution in [0.5, 0.6) is 5.75 Å². The molecule has 1 saturated heterocycles. The molecule has 0 amide bonds. The van der Waals surface area contributed by atoms with Gasteiger partial charge in [0.25, 0.3) is 0 Å². The lowest BCUT2D eigenvalue weighted by Crippen LogP contribution is -2.62. The molecule has 2 rings (SSSR count). The molecule has 1 heterocycles. The predicted octanol–water partition coefficient (Wildman–Crippen LogP) is 2.90. The molecule has 0 radical (unpaired) electrons. The lowest BCUT2D eigenvalue weighted by atomic mass is 9.92. The summed E-state index contributed by atoms with van der Waals surface area (Å²) in [7, 11) is 1.75. The van der Waals surface area contributed by atoms with Crippen molar-refractivity contribution in [3.05, 3.63) is 29.8 Å². The smallest absolute Gasteiger partial charge is 0.123 e. The van der Waals surface area contributed by atoms with Crippen molar-refractivity contribution >= 4 is 0 Å². The first-order valence-electron chi connectivity index (χ1n) is 7.54. The van der Waals surface area contributed by atoms with E-state index in [1.54, 1.807) is 7.11 Å². The van der Waals surface area contributed by atoms with Crippen LogP contribution in [0.1, 0.15) is 33.3 Å². The molecule has 1 N–H and O–H groups in total. The van der Waals surface area contributed by atoms with Crippen LogP contribution in [-0.4, -0.2) is 36.7 Å². The van der Waals surface area contributed by atoms with E-state index < -0.39 is 0 Å². The standard InChI is InChI=1S/C17H28N2O/c1-13(2)15-10-18-17(3,4)12-19(15)11-14-8-6-7-9-16(14)20-5/h6-9,13,15,18H,10-12H2,1-5H3. The van der Waals surface area contributed by atoms with Crippen molar-refractivity contribution in [1.82, 2.24) is 10.2 Å². The summed E-state index contributed by atoms with van der Waals surface area (Å²) in [6, 6.07) is 8.92. The van der Waals surface area contributed by atoms with Crippen LogP contribution >= 0.6 is 0 Å². The third kappa shape index (κ3) is 3.53. The number of piperazine rings is 1. The lowest BCUT2D eigenvalue weighted by Gasteiger charge is -2.46. The van der Waals surface area contributed by atoms with Gasteiger partial charge in [-0.3, -0.25) is 4.90 Å². The highest BCUT2D eigenvalue weighted by Gasteiger charge is 2.34. The van der Waals surface area contributed by atoms with Gasteiger partial charge in [-0.25, -0.2) is 0 Å². The Morgan fingerprint density at radius 2 is 2.05 bits per heavy atom. The number of para-hydroxylation sites is 1. The Morgan fingerprint density at radius 3 is 2.70 bits per heavy atom. The predicted molar refractivity (Wildman–Crippen MR) is 84.1 cm³/mol. The molecule has 0 aromatic heterocycles. The van der Waals surface area contributed by atoms with E-state index in [0.717, 1.165) is 25.4 Å². The molecule has 0 saturated carbocycles. The van der Waals surface area contributed by atoms with E-state index in [1.165, 1.54) is 5.56 Å². The molecule has 1 unspecified atom stereocenters. The van der Waals surface area contributed by atoms with E-state index in [0.29, 0.717) is 12.0 Å². The van der Waals surface area contributed by atoms with Gasteiger partial charge in [0.15, 0.2) is 0 Å². The fraction of sp³-hybridized carbons (Fsp3) is 0.647. The van der Waals surface area contributed by atoms with Crippen LogP contribution in [0.2, 0.25) is 0 Å². The maximum absolute atomic E-state index is 5.49. The SMILES string of the molecule is COc1ccccc1CN1CC(C)(C)NCC1C(C)C. The molecule has 1 aliphatic rings. The largest absolute Gasteiger partial charge is 0.496 e. The van der Waals surface area contributed by atoms with Crippen LogP contribution in [-0.2, 0) is 6.54 Å². The Bertz CT molecular complexity index is 442. The van der Waals surface area contributed by atoms with Crippen molar-refractivity contribution in [2.24, 2.45) is 5.92 Å². The molecule has 3 nitrogen and oxygen atoms in total. The van der Waals surface area contributed by atoms with E-state index in [1.807, 2.05) is 12.1 Å². The second-order valence-corrected chi connectivity index (χ2v) is 6.79. The number of methoxy groups -OCH3 is 1. The van der Waals surface area contributed by atoms with Crippen LogP contribution in [0, 0.1) is 5.92 Å². The molecule has 3 heteroatoms. The van der Waals surface area contributed by atoms with Crippen LogP contribution < -0.4 is 10.1 Å². The summed E-state index contributed by atoms with van der Waals surface area (Å²) in [6.45, 7) is 12.2. The number of hydrogen-bond donors (Lipinski definition) is 1. The highest BCUT2D eigenvalue weighted by atomic mass is 16.5. The summed E-state index contributed by atoms with van der Waals surface area (Å²) >= 11 is 0. The first kappa shape index (κ1) is 15.3. The summed E-state index contributed by atoms with van der Waals surface area (Å²) in [5, 5.41) is 3.66. The Morgan fingerprint density at radius 1 is 1.35 bits per heavy atom. The molecule has 0 bridgehead atoms. The second kappa shape index (κ2) is 6.15. The minimum absolute atomic E-state index is 0.174. The third-order valence-electron chi connectivity index (χ3n) is 4.19. The van der Waals surface area contributed by atoms with Gasteiger partial charge in [0.05, 0.1) is 7.11 Å². The van der Waals surface area contributed by atoms with Crippen molar-refractivity contribution in [2.45, 2.75) is 45.8 Å². The zero-order valence-corrected chi connectivity index (χ0v) is 13.4. The van der Waals surface area contributed by atoms with Crippen molar-refractivity contribution in [2.75, 3.05) is 20.2 Å². The Balaban J connectivity index is 2.18. The third-order valence-corrected chi connectivity index (χ3v) is 4.19. The molecule has 1 atom stereocenters. The Hall–Kier alpha value is -1.06. The summed E-state index contributed by atoms with van der Waals surface area (Å²) in [5.74, 6) is 1.64. The number of rotatable bonds is 4. The number of benzene rings is 1. The topological polar surface area (TPSA) is 24.5 Å². The first-order chi connectivity index (χ1) is 9.43. The van der Waals surface area contributed by atoms with Crippen molar-refractivity contribution in [3.63, 3.8) is 0 Å². The van der Waals surface area contributed by atoms with Gasteiger partial charge in [-0.15, -0.1) is 0 Å². The lowest BCUT2D eigenvalue weighted by molar-refractivity contribution is 0.0621. The van der Waals surface area contributed by atoms with Crippen molar-refractivity contribution in [1.29, 1.82) is 0 Å². The van der Waals surface area contributed by atoms with Gasteiger partial charge in [0, 0.05) is 36.8 Å². The molecular weight excluding hydrogens is 248 g/mol. The average molecular weight is 276 g/mol. The van der Waals surface area contributed by atoms with Gasteiger partial charge in [0.2, 0.25) is 0 Å². The molecule has 0 aliphatic carbocycles. The quantitative estimate of drug-likeness (QED) is 0.915. The van der Waals surface area contributed by atoms with Crippen molar-refractivity contribution < 1.29 is 4.74 Å². The van der Waals surface area contributed by atoms with Crippen LogP contribution in [0.4, 0.5) is 0 Å². The maximum Gasteiger partial charge on any atom is 0.123 e. The summed E-state index contributed by atoms with van der Waals surface area (Å²) in [5.41, 5.74) is 1.45. The van der Waals surface area contributed by atoms with Crippen LogP contribution in [0.3, 0.4) is 0 Å². The van der Waals surface area contributed by atoms with Gasteiger partial charge in [0.1, 0.15) is 5.75 Å². The fourth-order valence-corrected chi connectivity index (χ4v) is 3.07. The zero-order valence-electron chi connectivity index (χ0n) is 13.4. The minimum Gasteiger partial charge on any atom is -0.496 e. The van der Waals surface area contributed by atoms with Crippen LogP contribution in [0.25, 0.3) is 0 Å². The Labute approximate surface area is 123 Å². The second-order valence-electron chi connectivity index (χ2n) is 6.79. The van der Waals surface area contributed by atoms with E-state index in [-0.39, 0.29) is 5.54 Å². The van der Waals surface area contributed by atoms with Crippen LogP contribution in [0.15, 0.2) is 24.3 Å². The molecule has 1 aromatic carbocycles. The molecular formula is C17H28N2O. The van der Waals surface area contributed by atoms with E-state index in [2.05, 4.69) is 50.0 Å². The monoisotopic (exact) mass is 276 g/mol. The molecule has 1 fully saturated rings. The maximum atomic E-state index is 5.49. The minimum atomic E-state index is 0.174. The van der Waals surface area contributed by atoms with Gasteiger partial charge >= 0.3 is 0 Å².